The highest BCUT2D eigenvalue weighted by atomic mass is 16.5. The Morgan fingerprint density at radius 2 is 2.24 bits per heavy atom. The standard InChI is InChI=1S/C12H12N2O3/c1-7(2)13-12(16)11-10-8(6-15)4-3-5-9(10)17-14-11/h3-7H,1-2H3,(H,13,16). The molecule has 1 aromatic heterocycles. The van der Waals surface area contributed by atoms with Crippen LogP contribution < -0.4 is 5.32 Å². The van der Waals surface area contributed by atoms with Crippen molar-refractivity contribution in [2.75, 3.05) is 0 Å². The van der Waals surface area contributed by atoms with Crippen LogP contribution in [0.25, 0.3) is 11.0 Å². The third kappa shape index (κ3) is 2.04. The number of aldehydes is 1. The molecule has 5 heteroatoms. The van der Waals surface area contributed by atoms with E-state index in [1.54, 1.807) is 18.2 Å². The van der Waals surface area contributed by atoms with Gasteiger partial charge >= 0.3 is 0 Å². The second-order valence-corrected chi connectivity index (χ2v) is 4.00. The molecule has 0 spiro atoms. The molecule has 0 aliphatic carbocycles. The van der Waals surface area contributed by atoms with Crippen LogP contribution in [0, 0.1) is 0 Å². The van der Waals surface area contributed by atoms with E-state index in [1.165, 1.54) is 0 Å². The van der Waals surface area contributed by atoms with Crippen molar-refractivity contribution in [3.8, 4) is 0 Å². The molecule has 1 N–H and O–H groups in total. The maximum absolute atomic E-state index is 11.8. The molecule has 17 heavy (non-hydrogen) atoms. The number of benzene rings is 1. The van der Waals surface area contributed by atoms with Gasteiger partial charge in [-0.05, 0) is 19.9 Å². The predicted octanol–water partition coefficient (Wildman–Crippen LogP) is 1.78. The molecule has 88 valence electrons. The molecule has 2 aromatic rings. The third-order valence-corrected chi connectivity index (χ3v) is 2.29. The summed E-state index contributed by atoms with van der Waals surface area (Å²) in [5.74, 6) is -0.340. The van der Waals surface area contributed by atoms with Gasteiger partial charge in [0.25, 0.3) is 5.91 Å². The van der Waals surface area contributed by atoms with Crippen LogP contribution in [0.15, 0.2) is 22.7 Å². The molecule has 2 rings (SSSR count). The largest absolute Gasteiger partial charge is 0.355 e. The predicted molar refractivity (Wildman–Crippen MR) is 62.0 cm³/mol. The maximum Gasteiger partial charge on any atom is 0.274 e. The van der Waals surface area contributed by atoms with Crippen LogP contribution in [-0.4, -0.2) is 23.4 Å². The Hall–Kier alpha value is -2.17. The number of aromatic nitrogens is 1. The zero-order chi connectivity index (χ0) is 12.4. The zero-order valence-corrected chi connectivity index (χ0v) is 9.56. The van der Waals surface area contributed by atoms with Crippen molar-refractivity contribution in [1.82, 2.24) is 10.5 Å². The van der Waals surface area contributed by atoms with Crippen LogP contribution in [0.1, 0.15) is 34.7 Å². The summed E-state index contributed by atoms with van der Waals surface area (Å²) in [6, 6.07) is 4.97. The summed E-state index contributed by atoms with van der Waals surface area (Å²) >= 11 is 0. The number of rotatable bonds is 3. The van der Waals surface area contributed by atoms with Gasteiger partial charge in [0, 0.05) is 11.6 Å². The lowest BCUT2D eigenvalue weighted by atomic mass is 10.1. The van der Waals surface area contributed by atoms with Crippen LogP contribution in [0.3, 0.4) is 0 Å². The Balaban J connectivity index is 2.55. The van der Waals surface area contributed by atoms with Crippen LogP contribution in [-0.2, 0) is 0 Å². The fourth-order valence-corrected chi connectivity index (χ4v) is 1.60. The van der Waals surface area contributed by atoms with Crippen molar-refractivity contribution in [3.63, 3.8) is 0 Å². The molecule has 1 aromatic carbocycles. The van der Waals surface area contributed by atoms with E-state index in [9.17, 15) is 9.59 Å². The quantitative estimate of drug-likeness (QED) is 0.819. The van der Waals surface area contributed by atoms with Crippen molar-refractivity contribution in [3.05, 3.63) is 29.5 Å². The van der Waals surface area contributed by atoms with E-state index in [1.807, 2.05) is 13.8 Å². The Morgan fingerprint density at radius 3 is 2.88 bits per heavy atom. The highest BCUT2D eigenvalue weighted by Gasteiger charge is 2.19. The van der Waals surface area contributed by atoms with Gasteiger partial charge in [0.1, 0.15) is 0 Å². The Morgan fingerprint density at radius 1 is 1.47 bits per heavy atom. The van der Waals surface area contributed by atoms with Crippen molar-refractivity contribution in [1.29, 1.82) is 0 Å². The SMILES string of the molecule is CC(C)NC(=O)c1noc2cccc(C=O)c12. The van der Waals surface area contributed by atoms with Crippen LogP contribution in [0.4, 0.5) is 0 Å². The second kappa shape index (κ2) is 4.37. The van der Waals surface area contributed by atoms with E-state index < -0.39 is 0 Å². The molecular weight excluding hydrogens is 220 g/mol. The lowest BCUT2D eigenvalue weighted by Gasteiger charge is -2.05. The first kappa shape index (κ1) is 11.3. The zero-order valence-electron chi connectivity index (χ0n) is 9.56. The number of fused-ring (bicyclic) bond motifs is 1. The molecule has 0 aliphatic rings. The minimum atomic E-state index is -0.340. The first-order valence-electron chi connectivity index (χ1n) is 5.28. The van der Waals surface area contributed by atoms with Gasteiger partial charge in [-0.15, -0.1) is 0 Å². The summed E-state index contributed by atoms with van der Waals surface area (Å²) in [4.78, 5) is 22.8. The number of hydrogen-bond acceptors (Lipinski definition) is 4. The molecule has 0 fully saturated rings. The summed E-state index contributed by atoms with van der Waals surface area (Å²) in [7, 11) is 0. The average Bonchev–Trinajstić information content (AvgIpc) is 2.71. The van der Waals surface area contributed by atoms with Crippen LogP contribution in [0.2, 0.25) is 0 Å². The first-order chi connectivity index (χ1) is 8.13. The molecule has 0 aliphatic heterocycles. The molecule has 0 bridgehead atoms. The number of carbonyl (C=O) groups excluding carboxylic acids is 2. The van der Waals surface area contributed by atoms with Gasteiger partial charge < -0.3 is 9.84 Å². The van der Waals surface area contributed by atoms with Crippen molar-refractivity contribution < 1.29 is 14.1 Å². The number of carbonyl (C=O) groups is 2. The minimum absolute atomic E-state index is 0.00218. The third-order valence-electron chi connectivity index (χ3n) is 2.29. The Labute approximate surface area is 97.8 Å². The molecule has 5 nitrogen and oxygen atoms in total. The van der Waals surface area contributed by atoms with E-state index in [0.717, 1.165) is 0 Å². The summed E-state index contributed by atoms with van der Waals surface area (Å²) in [6.07, 6.45) is 0.686. The minimum Gasteiger partial charge on any atom is -0.355 e. The van der Waals surface area contributed by atoms with Crippen molar-refractivity contribution in [2.45, 2.75) is 19.9 Å². The van der Waals surface area contributed by atoms with Gasteiger partial charge in [0.2, 0.25) is 0 Å². The number of nitrogens with one attached hydrogen (secondary N) is 1. The molecule has 0 saturated carbocycles. The average molecular weight is 232 g/mol. The Bertz CT molecular complexity index is 572. The number of nitrogens with zero attached hydrogens (tertiary/aromatic N) is 1. The van der Waals surface area contributed by atoms with Crippen LogP contribution >= 0.6 is 0 Å². The number of hydrogen-bond donors (Lipinski definition) is 1. The molecule has 0 radical (unpaired) electrons. The Kier molecular flexibility index (Phi) is 2.91. The van der Waals surface area contributed by atoms with Gasteiger partial charge in [0.15, 0.2) is 17.6 Å². The summed E-state index contributed by atoms with van der Waals surface area (Å²) < 4.78 is 5.02. The molecule has 1 amide bonds. The van der Waals surface area contributed by atoms with Gasteiger partial charge in [-0.2, -0.15) is 0 Å². The van der Waals surface area contributed by atoms with Gasteiger partial charge in [-0.25, -0.2) is 0 Å². The molecule has 0 atom stereocenters. The molecule has 0 unspecified atom stereocenters. The highest BCUT2D eigenvalue weighted by molar-refractivity contribution is 6.09. The summed E-state index contributed by atoms with van der Waals surface area (Å²) in [6.45, 7) is 3.70. The van der Waals surface area contributed by atoms with E-state index in [4.69, 9.17) is 4.52 Å². The fraction of sp³-hybridized carbons (Fsp3) is 0.250. The lowest BCUT2D eigenvalue weighted by molar-refractivity contribution is 0.0935. The van der Waals surface area contributed by atoms with Crippen LogP contribution in [0.5, 0.6) is 0 Å². The lowest BCUT2D eigenvalue weighted by Crippen LogP contribution is -2.30. The van der Waals surface area contributed by atoms with Crippen molar-refractivity contribution >= 4 is 23.2 Å². The normalized spacial score (nSPS) is 10.8. The summed E-state index contributed by atoms with van der Waals surface area (Å²) in [5.41, 5.74) is 0.984. The van der Waals surface area contributed by atoms with E-state index in [-0.39, 0.29) is 17.6 Å². The topological polar surface area (TPSA) is 72.2 Å². The monoisotopic (exact) mass is 232 g/mol. The van der Waals surface area contributed by atoms with Gasteiger partial charge in [-0.1, -0.05) is 17.3 Å². The van der Waals surface area contributed by atoms with Gasteiger partial charge in [-0.3, -0.25) is 9.59 Å². The smallest absolute Gasteiger partial charge is 0.274 e. The second-order valence-electron chi connectivity index (χ2n) is 4.00. The molecule has 0 saturated heterocycles. The summed E-state index contributed by atoms with van der Waals surface area (Å²) in [5, 5.41) is 6.88. The van der Waals surface area contributed by atoms with Crippen molar-refractivity contribution in [2.24, 2.45) is 0 Å². The highest BCUT2D eigenvalue weighted by Crippen LogP contribution is 2.21. The molecular formula is C12H12N2O3. The van der Waals surface area contributed by atoms with Gasteiger partial charge in [0.05, 0.1) is 5.39 Å². The fourth-order valence-electron chi connectivity index (χ4n) is 1.60. The maximum atomic E-state index is 11.8. The first-order valence-corrected chi connectivity index (χ1v) is 5.28. The van der Waals surface area contributed by atoms with E-state index >= 15 is 0 Å². The number of amides is 1. The van der Waals surface area contributed by atoms with E-state index in [2.05, 4.69) is 10.5 Å². The van der Waals surface area contributed by atoms with E-state index in [0.29, 0.717) is 22.8 Å². The molecule has 1 heterocycles.